The standard InChI is InChI=1S/C20H16O6.C6H13NO2.H2O/c1-9(21)20(26)7-6-12-13(8-20)19(25)15-14(18(12)24)16(22)10-4-2-3-5-11(10)17(15)23;1-4-6(8)5(7)2-3-9-4;/h2-5,24-26H,6-8H2,1H3;4-6,8H,2-3,7H2,1H3;1H2/t20-;4-,5-,6+;/m10./s1. The van der Waals surface area contributed by atoms with E-state index in [0.29, 0.717) is 12.2 Å². The van der Waals surface area contributed by atoms with Crippen molar-refractivity contribution in [1.29, 1.82) is 0 Å². The van der Waals surface area contributed by atoms with Crippen molar-refractivity contribution in [1.82, 2.24) is 0 Å². The number of benzene rings is 2. The van der Waals surface area contributed by atoms with E-state index in [1.165, 1.54) is 19.1 Å². The van der Waals surface area contributed by atoms with Gasteiger partial charge in [-0.15, -0.1) is 0 Å². The molecule has 36 heavy (non-hydrogen) atoms. The number of hydrogen-bond donors (Lipinski definition) is 5. The van der Waals surface area contributed by atoms with Gasteiger partial charge in [0.05, 0.1) is 23.3 Å². The van der Waals surface area contributed by atoms with Gasteiger partial charge in [-0.2, -0.15) is 0 Å². The molecule has 5 rings (SSSR count). The number of carbonyl (C=O) groups is 3. The van der Waals surface area contributed by atoms with E-state index in [-0.39, 0.29) is 70.5 Å². The lowest BCUT2D eigenvalue weighted by molar-refractivity contribution is -0.136. The summed E-state index contributed by atoms with van der Waals surface area (Å²) in [5.41, 5.74) is 4.17. The first-order chi connectivity index (χ1) is 16.5. The molecule has 0 aromatic heterocycles. The Morgan fingerprint density at radius 3 is 2.06 bits per heavy atom. The maximum Gasteiger partial charge on any atom is 0.198 e. The van der Waals surface area contributed by atoms with Crippen LogP contribution in [-0.4, -0.2) is 73.7 Å². The van der Waals surface area contributed by atoms with Gasteiger partial charge in [0.25, 0.3) is 0 Å². The Morgan fingerprint density at radius 2 is 1.58 bits per heavy atom. The number of ether oxygens (including phenoxy) is 1. The number of fused-ring (bicyclic) bond motifs is 3. The number of Topliss-reactive ketones (excluding diaryl/α,β-unsaturated/α-hetero) is 1. The smallest absolute Gasteiger partial charge is 0.198 e. The maximum atomic E-state index is 12.9. The van der Waals surface area contributed by atoms with Gasteiger partial charge >= 0.3 is 0 Å². The molecular formula is C26H31NO9. The lowest BCUT2D eigenvalue weighted by Crippen LogP contribution is -2.47. The number of aromatic hydroxyl groups is 2. The molecule has 3 aliphatic rings. The van der Waals surface area contributed by atoms with Gasteiger partial charge in [-0.1, -0.05) is 24.3 Å². The van der Waals surface area contributed by atoms with E-state index in [1.807, 2.05) is 6.92 Å². The number of nitrogens with two attached hydrogens (primary N) is 1. The zero-order valence-corrected chi connectivity index (χ0v) is 20.1. The summed E-state index contributed by atoms with van der Waals surface area (Å²) < 4.78 is 5.13. The topological polar surface area (TPSA) is 199 Å². The second-order valence-electron chi connectivity index (χ2n) is 9.39. The molecule has 1 fully saturated rings. The summed E-state index contributed by atoms with van der Waals surface area (Å²) in [6.45, 7) is 3.77. The molecular weight excluding hydrogens is 470 g/mol. The average Bonchev–Trinajstić information content (AvgIpc) is 2.83. The molecule has 4 atom stereocenters. The Bertz CT molecular complexity index is 1210. The number of phenolic OH excluding ortho intramolecular Hbond substituents is 2. The van der Waals surface area contributed by atoms with Crippen LogP contribution in [0, 0.1) is 0 Å². The third-order valence-corrected chi connectivity index (χ3v) is 7.19. The van der Waals surface area contributed by atoms with E-state index in [2.05, 4.69) is 0 Å². The normalized spacial score (nSPS) is 26.4. The molecule has 1 aliphatic heterocycles. The second-order valence-corrected chi connectivity index (χ2v) is 9.39. The molecule has 2 aliphatic carbocycles. The number of hydrogen-bond acceptors (Lipinski definition) is 9. The van der Waals surface area contributed by atoms with Gasteiger partial charge in [0.2, 0.25) is 0 Å². The van der Waals surface area contributed by atoms with E-state index in [0.717, 1.165) is 6.42 Å². The highest BCUT2D eigenvalue weighted by Gasteiger charge is 2.43. The lowest BCUT2D eigenvalue weighted by Gasteiger charge is -2.33. The highest BCUT2D eigenvalue weighted by molar-refractivity contribution is 6.30. The summed E-state index contributed by atoms with van der Waals surface area (Å²) in [5, 5.41) is 41.1. The van der Waals surface area contributed by atoms with Crippen LogP contribution in [0.3, 0.4) is 0 Å². The number of carbonyl (C=O) groups excluding carboxylic acids is 3. The van der Waals surface area contributed by atoms with Gasteiger partial charge in [0, 0.05) is 41.3 Å². The molecule has 1 heterocycles. The monoisotopic (exact) mass is 501 g/mol. The molecule has 0 amide bonds. The first-order valence-electron chi connectivity index (χ1n) is 11.5. The van der Waals surface area contributed by atoms with Crippen molar-refractivity contribution < 1.29 is 45.0 Å². The van der Waals surface area contributed by atoms with Crippen LogP contribution in [0.2, 0.25) is 0 Å². The molecule has 0 unspecified atom stereocenters. The first-order valence-corrected chi connectivity index (χ1v) is 11.5. The van der Waals surface area contributed by atoms with E-state index in [4.69, 9.17) is 10.5 Å². The predicted octanol–water partition coefficient (Wildman–Crippen LogP) is 0.341. The molecule has 10 heteroatoms. The zero-order chi connectivity index (χ0) is 25.7. The number of phenols is 2. The Balaban J connectivity index is 0.000000307. The third-order valence-electron chi connectivity index (χ3n) is 7.19. The lowest BCUT2D eigenvalue weighted by atomic mass is 9.73. The van der Waals surface area contributed by atoms with Crippen LogP contribution in [-0.2, 0) is 22.4 Å². The minimum absolute atomic E-state index is 0. The van der Waals surface area contributed by atoms with Crippen molar-refractivity contribution >= 4 is 17.3 Å². The quantitative estimate of drug-likeness (QED) is 0.292. The van der Waals surface area contributed by atoms with Crippen LogP contribution in [0.4, 0.5) is 0 Å². The fourth-order valence-electron chi connectivity index (χ4n) is 4.90. The number of aliphatic hydroxyl groups is 2. The van der Waals surface area contributed by atoms with Gasteiger partial charge in [-0.05, 0) is 33.1 Å². The molecule has 0 saturated carbocycles. The summed E-state index contributed by atoms with van der Waals surface area (Å²) in [6, 6.07) is 6.13. The Labute approximate surface area is 207 Å². The minimum atomic E-state index is -1.66. The third kappa shape index (κ3) is 4.42. The van der Waals surface area contributed by atoms with Crippen LogP contribution in [0.15, 0.2) is 24.3 Å². The molecule has 0 radical (unpaired) electrons. The molecule has 2 aromatic carbocycles. The van der Waals surface area contributed by atoms with Crippen molar-refractivity contribution in [2.24, 2.45) is 5.73 Å². The maximum absolute atomic E-state index is 12.9. The van der Waals surface area contributed by atoms with Crippen molar-refractivity contribution in [2.45, 2.75) is 63.4 Å². The average molecular weight is 502 g/mol. The molecule has 8 N–H and O–H groups in total. The van der Waals surface area contributed by atoms with Gasteiger partial charge in [0.1, 0.15) is 17.1 Å². The van der Waals surface area contributed by atoms with E-state index < -0.39 is 34.8 Å². The van der Waals surface area contributed by atoms with Crippen molar-refractivity contribution in [2.75, 3.05) is 6.61 Å². The van der Waals surface area contributed by atoms with Crippen LogP contribution < -0.4 is 5.73 Å². The highest BCUT2D eigenvalue weighted by atomic mass is 16.5. The fourth-order valence-corrected chi connectivity index (χ4v) is 4.90. The Morgan fingerprint density at radius 1 is 1.06 bits per heavy atom. The summed E-state index contributed by atoms with van der Waals surface area (Å²) in [7, 11) is 0. The SMILES string of the molecule is CC(=O)[C@@]1(O)CCc2c(O)c3c(c(O)c2C1)C(=O)c1ccccc1C3=O.C[C@@H]1OCC[C@H](N)[C@@H]1O.O. The number of rotatable bonds is 1. The van der Waals surface area contributed by atoms with Gasteiger partial charge < -0.3 is 36.4 Å². The Kier molecular flexibility index (Phi) is 7.68. The van der Waals surface area contributed by atoms with Gasteiger partial charge in [0.15, 0.2) is 17.3 Å². The molecule has 2 aromatic rings. The van der Waals surface area contributed by atoms with Gasteiger partial charge in [-0.3, -0.25) is 14.4 Å². The van der Waals surface area contributed by atoms with Crippen LogP contribution in [0.1, 0.15) is 69.7 Å². The van der Waals surface area contributed by atoms with E-state index in [9.17, 15) is 34.8 Å². The number of aliphatic hydroxyl groups excluding tert-OH is 1. The van der Waals surface area contributed by atoms with Crippen molar-refractivity contribution in [3.05, 3.63) is 57.6 Å². The van der Waals surface area contributed by atoms with Crippen molar-refractivity contribution in [3.63, 3.8) is 0 Å². The number of ketones is 3. The minimum Gasteiger partial charge on any atom is -0.507 e. The van der Waals surface area contributed by atoms with Gasteiger partial charge in [-0.25, -0.2) is 0 Å². The second kappa shape index (κ2) is 10.1. The molecule has 0 spiro atoms. The van der Waals surface area contributed by atoms with E-state index in [1.54, 1.807) is 12.1 Å². The van der Waals surface area contributed by atoms with Crippen molar-refractivity contribution in [3.8, 4) is 11.5 Å². The van der Waals surface area contributed by atoms with Crippen LogP contribution in [0.5, 0.6) is 11.5 Å². The molecule has 194 valence electrons. The van der Waals surface area contributed by atoms with Crippen LogP contribution in [0.25, 0.3) is 0 Å². The summed E-state index contributed by atoms with van der Waals surface area (Å²) >= 11 is 0. The van der Waals surface area contributed by atoms with E-state index >= 15 is 0 Å². The molecule has 1 saturated heterocycles. The van der Waals surface area contributed by atoms with Crippen LogP contribution >= 0.6 is 0 Å². The Hall–Kier alpha value is -3.15. The fraction of sp³-hybridized carbons (Fsp3) is 0.423. The molecule has 10 nitrogen and oxygen atoms in total. The predicted molar refractivity (Wildman–Crippen MR) is 128 cm³/mol. The summed E-state index contributed by atoms with van der Waals surface area (Å²) in [4.78, 5) is 37.5. The largest absolute Gasteiger partial charge is 0.507 e. The highest BCUT2D eigenvalue weighted by Crippen LogP contribution is 2.47. The first kappa shape index (κ1) is 27.4. The summed E-state index contributed by atoms with van der Waals surface area (Å²) in [6.07, 6.45) is 0.174. The zero-order valence-electron chi connectivity index (χ0n) is 20.1. The molecule has 0 bridgehead atoms. The summed E-state index contributed by atoms with van der Waals surface area (Å²) in [5.74, 6) is -2.35.